The number of hydrogen-bond acceptors (Lipinski definition) is 3. The van der Waals surface area contributed by atoms with Gasteiger partial charge in [-0.25, -0.2) is 0 Å². The lowest BCUT2D eigenvalue weighted by Crippen LogP contribution is -2.06. The second-order valence-electron chi connectivity index (χ2n) is 4.18. The van der Waals surface area contributed by atoms with Gasteiger partial charge in [-0.15, -0.1) is 0 Å². The summed E-state index contributed by atoms with van der Waals surface area (Å²) in [5.74, 6) is 0.0892. The largest absolute Gasteiger partial charge is 0.446 e. The molecule has 0 spiro atoms. The first kappa shape index (κ1) is 12.0. The molecule has 0 radical (unpaired) electrons. The molecule has 0 bridgehead atoms. The molecule has 0 aliphatic rings. The van der Waals surface area contributed by atoms with Crippen LogP contribution in [-0.2, 0) is 10.4 Å². The van der Waals surface area contributed by atoms with E-state index in [9.17, 15) is 8.42 Å². The maximum Gasteiger partial charge on any atom is 0.446 e. The number of hydrogen-bond donors (Lipinski definition) is 1. The quantitative estimate of drug-likeness (QED) is 0.576. The van der Waals surface area contributed by atoms with E-state index in [1.165, 1.54) is 6.07 Å². The third-order valence-electron chi connectivity index (χ3n) is 2.92. The molecule has 0 atom stereocenters. The van der Waals surface area contributed by atoms with E-state index in [0.29, 0.717) is 0 Å². The molecule has 1 N–H and O–H groups in total. The fourth-order valence-corrected chi connectivity index (χ4v) is 2.50. The Kier molecular flexibility index (Phi) is 2.66. The van der Waals surface area contributed by atoms with Gasteiger partial charge in [0.15, 0.2) is 0 Å². The van der Waals surface area contributed by atoms with Gasteiger partial charge < -0.3 is 4.18 Å². The second kappa shape index (κ2) is 4.22. The van der Waals surface area contributed by atoms with Gasteiger partial charge in [0.1, 0.15) is 5.75 Å². The summed E-state index contributed by atoms with van der Waals surface area (Å²) in [6.45, 7) is 0. The lowest BCUT2D eigenvalue weighted by atomic mass is 10.0. The van der Waals surface area contributed by atoms with E-state index in [4.69, 9.17) is 4.55 Å². The molecular weight excluding hydrogens is 264 g/mol. The highest BCUT2D eigenvalue weighted by Crippen LogP contribution is 2.28. The molecule has 96 valence electrons. The van der Waals surface area contributed by atoms with Crippen molar-refractivity contribution >= 4 is 31.9 Å². The Morgan fingerprint density at radius 1 is 0.842 bits per heavy atom. The van der Waals surface area contributed by atoms with E-state index in [1.54, 1.807) is 12.1 Å². The standard InChI is InChI=1S/C14H10O4S/c15-19(16,17)18-12-8-7-11-6-5-10-3-1-2-4-13(10)14(11)9-12/h1-9H,(H,15,16,17). The van der Waals surface area contributed by atoms with Gasteiger partial charge in [0.2, 0.25) is 0 Å². The van der Waals surface area contributed by atoms with Crippen molar-refractivity contribution in [2.45, 2.75) is 0 Å². The molecule has 4 nitrogen and oxygen atoms in total. The summed E-state index contributed by atoms with van der Waals surface area (Å²) in [5.41, 5.74) is 0. The zero-order valence-corrected chi connectivity index (χ0v) is 10.6. The van der Waals surface area contributed by atoms with Gasteiger partial charge in [-0.05, 0) is 33.7 Å². The van der Waals surface area contributed by atoms with Crippen LogP contribution in [0.15, 0.2) is 54.6 Å². The van der Waals surface area contributed by atoms with Crippen molar-refractivity contribution in [2.24, 2.45) is 0 Å². The molecule has 0 aliphatic carbocycles. The third-order valence-corrected chi connectivity index (χ3v) is 3.32. The molecule has 19 heavy (non-hydrogen) atoms. The number of fused-ring (bicyclic) bond motifs is 3. The summed E-state index contributed by atoms with van der Waals surface area (Å²) in [6, 6.07) is 16.6. The minimum absolute atomic E-state index is 0.0892. The van der Waals surface area contributed by atoms with Crippen molar-refractivity contribution in [3.05, 3.63) is 54.6 Å². The Bertz CT molecular complexity index is 869. The first-order chi connectivity index (χ1) is 9.03. The van der Waals surface area contributed by atoms with Crippen molar-refractivity contribution in [1.29, 1.82) is 0 Å². The Hall–Kier alpha value is -2.11. The Labute approximate surface area is 110 Å². The van der Waals surface area contributed by atoms with Gasteiger partial charge in [0, 0.05) is 0 Å². The second-order valence-corrected chi connectivity index (χ2v) is 5.20. The van der Waals surface area contributed by atoms with Crippen molar-refractivity contribution in [3.8, 4) is 5.75 Å². The van der Waals surface area contributed by atoms with Crippen molar-refractivity contribution in [3.63, 3.8) is 0 Å². The number of benzene rings is 3. The topological polar surface area (TPSA) is 63.6 Å². The molecule has 5 heteroatoms. The van der Waals surface area contributed by atoms with Crippen LogP contribution in [0.1, 0.15) is 0 Å². The van der Waals surface area contributed by atoms with Crippen LogP contribution in [0.4, 0.5) is 0 Å². The minimum atomic E-state index is -4.50. The molecule has 0 fully saturated rings. The lowest BCUT2D eigenvalue weighted by Gasteiger charge is -2.06. The SMILES string of the molecule is O=S(=O)(O)Oc1ccc2ccc3ccccc3c2c1. The van der Waals surface area contributed by atoms with E-state index in [-0.39, 0.29) is 5.75 Å². The van der Waals surface area contributed by atoms with Crippen LogP contribution in [0.3, 0.4) is 0 Å². The zero-order valence-electron chi connectivity index (χ0n) is 9.78. The van der Waals surface area contributed by atoms with Crippen LogP contribution < -0.4 is 4.18 Å². The Morgan fingerprint density at radius 2 is 1.47 bits per heavy atom. The smallest absolute Gasteiger partial charge is 0.362 e. The van der Waals surface area contributed by atoms with Gasteiger partial charge in [-0.3, -0.25) is 4.55 Å². The summed E-state index contributed by atoms with van der Waals surface area (Å²) in [6.07, 6.45) is 0. The highest BCUT2D eigenvalue weighted by atomic mass is 32.3. The van der Waals surface area contributed by atoms with Gasteiger partial charge in [0.05, 0.1) is 0 Å². The molecule has 3 aromatic carbocycles. The summed E-state index contributed by atoms with van der Waals surface area (Å²) in [4.78, 5) is 0. The summed E-state index contributed by atoms with van der Waals surface area (Å²) in [5, 5.41) is 3.90. The first-order valence-corrected chi connectivity index (χ1v) is 6.98. The highest BCUT2D eigenvalue weighted by molar-refractivity contribution is 7.81. The fraction of sp³-hybridized carbons (Fsp3) is 0. The van der Waals surface area contributed by atoms with E-state index >= 15 is 0 Å². The van der Waals surface area contributed by atoms with Crippen molar-refractivity contribution < 1.29 is 17.2 Å². The predicted octanol–water partition coefficient (Wildman–Crippen LogP) is 3.17. The van der Waals surface area contributed by atoms with Crippen molar-refractivity contribution in [1.82, 2.24) is 0 Å². The minimum Gasteiger partial charge on any atom is -0.362 e. The molecule has 0 heterocycles. The normalized spacial score (nSPS) is 11.8. The maximum atomic E-state index is 10.7. The average Bonchev–Trinajstić information content (AvgIpc) is 2.37. The van der Waals surface area contributed by atoms with E-state index < -0.39 is 10.4 Å². The molecule has 0 saturated carbocycles. The van der Waals surface area contributed by atoms with Crippen LogP contribution in [-0.4, -0.2) is 13.0 Å². The summed E-state index contributed by atoms with van der Waals surface area (Å²) < 4.78 is 34.7. The molecule has 0 aromatic heterocycles. The third kappa shape index (κ3) is 2.38. The Morgan fingerprint density at radius 3 is 2.21 bits per heavy atom. The molecule has 0 saturated heterocycles. The van der Waals surface area contributed by atoms with Crippen molar-refractivity contribution in [2.75, 3.05) is 0 Å². The van der Waals surface area contributed by atoms with Gasteiger partial charge in [-0.2, -0.15) is 8.42 Å². The molecule has 0 amide bonds. The molecule has 0 unspecified atom stereocenters. The van der Waals surface area contributed by atoms with E-state index in [0.717, 1.165) is 21.5 Å². The predicted molar refractivity (Wildman–Crippen MR) is 73.6 cm³/mol. The fourth-order valence-electron chi connectivity index (χ4n) is 2.15. The lowest BCUT2D eigenvalue weighted by molar-refractivity contribution is 0.387. The van der Waals surface area contributed by atoms with Gasteiger partial charge in [0.25, 0.3) is 0 Å². The molecule has 0 aliphatic heterocycles. The van der Waals surface area contributed by atoms with E-state index in [2.05, 4.69) is 4.18 Å². The monoisotopic (exact) mass is 274 g/mol. The van der Waals surface area contributed by atoms with Crippen LogP contribution in [0, 0.1) is 0 Å². The molecular formula is C14H10O4S. The molecule has 3 rings (SSSR count). The highest BCUT2D eigenvalue weighted by Gasteiger charge is 2.08. The Balaban J connectivity index is 2.28. The van der Waals surface area contributed by atoms with Crippen LogP contribution >= 0.6 is 0 Å². The van der Waals surface area contributed by atoms with Crippen LogP contribution in [0.5, 0.6) is 5.75 Å². The average molecular weight is 274 g/mol. The first-order valence-electron chi connectivity index (χ1n) is 5.61. The van der Waals surface area contributed by atoms with Crippen LogP contribution in [0.25, 0.3) is 21.5 Å². The van der Waals surface area contributed by atoms with E-state index in [1.807, 2.05) is 36.4 Å². The number of rotatable bonds is 2. The summed E-state index contributed by atoms with van der Waals surface area (Å²) >= 11 is 0. The van der Waals surface area contributed by atoms with Crippen LogP contribution in [0.2, 0.25) is 0 Å². The molecule has 3 aromatic rings. The maximum absolute atomic E-state index is 10.7. The van der Waals surface area contributed by atoms with Gasteiger partial charge >= 0.3 is 10.4 Å². The van der Waals surface area contributed by atoms with Gasteiger partial charge in [-0.1, -0.05) is 42.5 Å². The summed E-state index contributed by atoms with van der Waals surface area (Å²) in [7, 11) is -4.50. The zero-order chi connectivity index (χ0) is 13.5.